The molecule has 3 aromatic rings. The first kappa shape index (κ1) is 29.8. The van der Waals surface area contributed by atoms with E-state index in [-0.39, 0.29) is 5.56 Å². The number of pyridine rings is 1. The summed E-state index contributed by atoms with van der Waals surface area (Å²) in [4.78, 5) is 27.3. The minimum atomic E-state index is -1.31. The number of nitrogens with zero attached hydrogens (tertiary/aromatic N) is 1. The van der Waals surface area contributed by atoms with Gasteiger partial charge in [-0.25, -0.2) is 4.98 Å². The Bertz CT molecular complexity index is 1240. The molecule has 1 aromatic heterocycles. The van der Waals surface area contributed by atoms with E-state index in [4.69, 9.17) is 9.47 Å². The zero-order valence-electron chi connectivity index (χ0n) is 22.1. The van der Waals surface area contributed by atoms with Gasteiger partial charge in [-0.05, 0) is 78.9 Å². The molecule has 0 aliphatic heterocycles. The summed E-state index contributed by atoms with van der Waals surface area (Å²) in [7, 11) is 1.67. The summed E-state index contributed by atoms with van der Waals surface area (Å²) in [5.74, 6) is -0.668. The zero-order chi connectivity index (χ0) is 27.9. The first-order valence-electron chi connectivity index (χ1n) is 13.0. The Kier molecular flexibility index (Phi) is 12.4. The molecule has 0 radical (unpaired) electrons. The average Bonchev–Trinajstić information content (AvgIpc) is 2.95. The van der Waals surface area contributed by atoms with Crippen LogP contribution in [0.3, 0.4) is 0 Å². The van der Waals surface area contributed by atoms with Gasteiger partial charge in [0.1, 0.15) is 17.2 Å². The van der Waals surface area contributed by atoms with Crippen molar-refractivity contribution in [3.8, 4) is 11.5 Å². The molecule has 7 nitrogen and oxygen atoms in total. The Labute approximate surface area is 233 Å². The van der Waals surface area contributed by atoms with Crippen LogP contribution >= 0.6 is 11.8 Å². The van der Waals surface area contributed by atoms with E-state index in [1.54, 1.807) is 25.3 Å². The van der Waals surface area contributed by atoms with Crippen molar-refractivity contribution >= 4 is 29.8 Å². The molecule has 0 amide bonds. The average molecular weight is 548 g/mol. The highest BCUT2D eigenvalue weighted by molar-refractivity contribution is 7.98. The number of ether oxygens (including phenoxy) is 2. The van der Waals surface area contributed by atoms with Gasteiger partial charge in [-0.15, -0.1) is 11.8 Å². The van der Waals surface area contributed by atoms with Crippen molar-refractivity contribution in [2.45, 2.75) is 55.6 Å². The molecule has 0 aliphatic carbocycles. The molecule has 0 aliphatic rings. The van der Waals surface area contributed by atoms with Crippen molar-refractivity contribution in [3.63, 3.8) is 0 Å². The number of carbonyl (C=O) groups excluding carboxylic acids is 2. The number of hydrogen-bond donors (Lipinski definition) is 0. The molecular formula is C31H33NO6S-2. The number of aromatic nitrogens is 1. The normalized spacial score (nSPS) is 11.0. The van der Waals surface area contributed by atoms with Crippen LogP contribution in [-0.4, -0.2) is 30.6 Å². The maximum atomic E-state index is 11.1. The minimum Gasteiger partial charge on any atom is -0.545 e. The highest BCUT2D eigenvalue weighted by Gasteiger charge is 2.07. The van der Waals surface area contributed by atoms with Gasteiger partial charge in [0.05, 0.1) is 31.3 Å². The number of rotatable bonds is 17. The number of carboxylic acid groups (broad SMARTS) is 2. The van der Waals surface area contributed by atoms with Crippen LogP contribution in [0.25, 0.3) is 6.08 Å². The predicted octanol–water partition coefficient (Wildman–Crippen LogP) is 4.47. The standard InChI is InChI=1S/C31H35NO6S/c1-37-26-15-12-23(13-16-26)9-6-4-2-3-5-7-20-38-29-18-14-25(32-28(29)17-19-30(33)34)22-39-27-11-8-10-24(21-27)31(35)36/h8,10-19,21H,2-7,9,20,22H2,1H3,(H,33,34)(H,35,36)/p-2/b19-17+. The van der Waals surface area contributed by atoms with E-state index in [1.165, 1.54) is 42.3 Å². The number of carbonyl (C=O) groups is 2. The van der Waals surface area contributed by atoms with E-state index in [0.717, 1.165) is 48.8 Å². The summed E-state index contributed by atoms with van der Waals surface area (Å²) >= 11 is 1.42. The lowest BCUT2D eigenvalue weighted by atomic mass is 10.0. The van der Waals surface area contributed by atoms with Crippen LogP contribution in [-0.2, 0) is 17.0 Å². The van der Waals surface area contributed by atoms with E-state index in [9.17, 15) is 19.8 Å². The number of unbranched alkanes of at least 4 members (excludes halogenated alkanes) is 5. The fourth-order valence-electron chi connectivity index (χ4n) is 3.96. The smallest absolute Gasteiger partial charge is 0.144 e. The van der Waals surface area contributed by atoms with E-state index in [1.807, 2.05) is 24.3 Å². The molecule has 3 rings (SSSR count). The molecule has 0 spiro atoms. The van der Waals surface area contributed by atoms with Crippen LogP contribution < -0.4 is 19.7 Å². The highest BCUT2D eigenvalue weighted by Crippen LogP contribution is 2.26. The third-order valence-corrected chi connectivity index (χ3v) is 7.08. The number of methoxy groups -OCH3 is 1. The second kappa shape index (κ2) is 16.2. The molecule has 1 heterocycles. The summed E-state index contributed by atoms with van der Waals surface area (Å²) in [5.41, 5.74) is 2.57. The van der Waals surface area contributed by atoms with Crippen LogP contribution in [0.15, 0.2) is 71.6 Å². The van der Waals surface area contributed by atoms with Gasteiger partial charge >= 0.3 is 0 Å². The van der Waals surface area contributed by atoms with Crippen LogP contribution in [0.2, 0.25) is 0 Å². The summed E-state index contributed by atoms with van der Waals surface area (Å²) in [5, 5.41) is 22.0. The first-order valence-corrected chi connectivity index (χ1v) is 14.0. The quantitative estimate of drug-likeness (QED) is 0.138. The van der Waals surface area contributed by atoms with Crippen LogP contribution in [0, 0.1) is 0 Å². The maximum Gasteiger partial charge on any atom is 0.144 e. The number of aryl methyl sites for hydroxylation is 1. The molecule has 0 N–H and O–H groups in total. The van der Waals surface area contributed by atoms with E-state index in [0.29, 0.717) is 29.5 Å². The van der Waals surface area contributed by atoms with Crippen LogP contribution in [0.1, 0.15) is 65.8 Å². The topological polar surface area (TPSA) is 112 Å². The van der Waals surface area contributed by atoms with Gasteiger partial charge < -0.3 is 29.3 Å². The fourth-order valence-corrected chi connectivity index (χ4v) is 4.82. The third kappa shape index (κ3) is 10.9. The molecule has 206 valence electrons. The summed E-state index contributed by atoms with van der Waals surface area (Å²) < 4.78 is 11.1. The minimum absolute atomic E-state index is 0.114. The molecule has 0 bridgehead atoms. The van der Waals surface area contributed by atoms with Gasteiger partial charge in [-0.2, -0.15) is 0 Å². The first-order chi connectivity index (χ1) is 18.9. The molecule has 39 heavy (non-hydrogen) atoms. The van der Waals surface area contributed by atoms with Gasteiger partial charge in [-0.3, -0.25) is 0 Å². The largest absolute Gasteiger partial charge is 0.545 e. The third-order valence-electron chi connectivity index (χ3n) is 6.05. The van der Waals surface area contributed by atoms with Crippen molar-refractivity contribution in [1.82, 2.24) is 4.98 Å². The Morgan fingerprint density at radius 3 is 2.38 bits per heavy atom. The number of hydrogen-bond acceptors (Lipinski definition) is 8. The van der Waals surface area contributed by atoms with Gasteiger partial charge in [0.2, 0.25) is 0 Å². The van der Waals surface area contributed by atoms with Gasteiger partial charge in [0.25, 0.3) is 0 Å². The lowest BCUT2D eigenvalue weighted by Gasteiger charge is -2.11. The molecule has 0 unspecified atom stereocenters. The monoisotopic (exact) mass is 547 g/mol. The second-order valence-electron chi connectivity index (χ2n) is 9.01. The zero-order valence-corrected chi connectivity index (χ0v) is 22.9. The summed E-state index contributed by atoms with van der Waals surface area (Å²) in [6.45, 7) is 0.518. The summed E-state index contributed by atoms with van der Waals surface area (Å²) in [6, 6.07) is 18.3. The Balaban J connectivity index is 1.41. The maximum absolute atomic E-state index is 11.1. The molecule has 2 aromatic carbocycles. The predicted molar refractivity (Wildman–Crippen MR) is 149 cm³/mol. The molecule has 0 saturated carbocycles. The number of benzene rings is 2. The number of aromatic carboxylic acids is 1. The summed E-state index contributed by atoms with van der Waals surface area (Å²) in [6.07, 6.45) is 9.99. The van der Waals surface area contributed by atoms with Crippen molar-refractivity contribution < 1.29 is 29.3 Å². The van der Waals surface area contributed by atoms with E-state index in [2.05, 4.69) is 17.1 Å². The van der Waals surface area contributed by atoms with Crippen molar-refractivity contribution in [1.29, 1.82) is 0 Å². The van der Waals surface area contributed by atoms with Gasteiger partial charge in [0.15, 0.2) is 0 Å². The molecule has 8 heteroatoms. The highest BCUT2D eigenvalue weighted by atomic mass is 32.2. The molecule has 0 atom stereocenters. The van der Waals surface area contributed by atoms with Crippen molar-refractivity contribution in [3.05, 3.63) is 89.3 Å². The van der Waals surface area contributed by atoms with E-state index >= 15 is 0 Å². The lowest BCUT2D eigenvalue weighted by molar-refractivity contribution is -0.297. The van der Waals surface area contributed by atoms with Gasteiger partial charge in [-0.1, -0.05) is 49.9 Å². The second-order valence-corrected chi connectivity index (χ2v) is 10.1. The van der Waals surface area contributed by atoms with E-state index < -0.39 is 11.9 Å². The number of carboxylic acids is 2. The lowest BCUT2D eigenvalue weighted by Crippen LogP contribution is -2.22. The Morgan fingerprint density at radius 1 is 0.923 bits per heavy atom. The SMILES string of the molecule is COc1ccc(CCCCCCCCOc2ccc(CSc3cccc(C(=O)[O-])c3)nc2/C=C/C(=O)[O-])cc1. The fraction of sp³-hybridized carbons (Fsp3) is 0.323. The molecule has 0 fully saturated rings. The Hall–Kier alpha value is -3.78. The molecule has 0 saturated heterocycles. The van der Waals surface area contributed by atoms with Crippen LogP contribution in [0.5, 0.6) is 11.5 Å². The molecular weight excluding hydrogens is 514 g/mol. The van der Waals surface area contributed by atoms with Gasteiger partial charge in [0, 0.05) is 10.6 Å². The van der Waals surface area contributed by atoms with Crippen molar-refractivity contribution in [2.75, 3.05) is 13.7 Å². The Morgan fingerprint density at radius 2 is 1.67 bits per heavy atom. The van der Waals surface area contributed by atoms with Crippen LogP contribution in [0.4, 0.5) is 0 Å². The number of thioether (sulfide) groups is 1. The van der Waals surface area contributed by atoms with Crippen molar-refractivity contribution in [2.24, 2.45) is 0 Å². The number of aliphatic carboxylic acids is 1.